The Bertz CT molecular complexity index is 956. The van der Waals surface area contributed by atoms with E-state index >= 15 is 0 Å². The Kier molecular flexibility index (Phi) is 5.71. The van der Waals surface area contributed by atoms with Gasteiger partial charge in [-0.1, -0.05) is 37.6 Å². The molecule has 1 aliphatic carbocycles. The quantitative estimate of drug-likeness (QED) is 0.585. The highest BCUT2D eigenvalue weighted by molar-refractivity contribution is 7.19. The van der Waals surface area contributed by atoms with E-state index in [1.165, 1.54) is 46.2 Å². The number of rotatable bonds is 4. The van der Waals surface area contributed by atoms with Gasteiger partial charge in [0.05, 0.1) is 0 Å². The highest BCUT2D eigenvalue weighted by atomic mass is 32.1. The summed E-state index contributed by atoms with van der Waals surface area (Å²) in [6.07, 6.45) is 10.6. The van der Waals surface area contributed by atoms with E-state index in [0.29, 0.717) is 5.56 Å². The predicted molar refractivity (Wildman–Crippen MR) is 118 cm³/mol. The topological polar surface area (TPSA) is 29.1 Å². The standard InChI is InChI=1S/C24H29NOS/c1-16(8-11-21-17(2)7-6-12-24(21,3)4)13-20-14-18-9-10-19(23(26)25-5)15-22(18)27-20/h8-11,13-15H,6-7,12H2,1-5H3,(H,25,26)/b11-8?,16-13+. The molecule has 0 saturated heterocycles. The SMILES string of the molecule is CNC(=O)c1ccc2cc(/C=C(\C)C=CC3=C(C)CCCC3(C)C)sc2c1. The molecule has 27 heavy (non-hydrogen) atoms. The zero-order valence-corrected chi connectivity index (χ0v) is 17.8. The summed E-state index contributed by atoms with van der Waals surface area (Å²) in [6.45, 7) is 9.13. The molecule has 0 unspecified atom stereocenters. The van der Waals surface area contributed by atoms with Crippen LogP contribution in [0.2, 0.25) is 0 Å². The predicted octanol–water partition coefficient (Wildman–Crippen LogP) is 6.75. The van der Waals surface area contributed by atoms with Crippen LogP contribution in [0.4, 0.5) is 0 Å². The molecule has 2 nitrogen and oxygen atoms in total. The Morgan fingerprint density at radius 1 is 1.26 bits per heavy atom. The second-order valence-electron chi connectivity index (χ2n) is 8.13. The zero-order valence-electron chi connectivity index (χ0n) is 17.0. The van der Waals surface area contributed by atoms with Crippen LogP contribution in [-0.4, -0.2) is 13.0 Å². The number of carbonyl (C=O) groups is 1. The van der Waals surface area contributed by atoms with Gasteiger partial charge in [-0.3, -0.25) is 4.79 Å². The van der Waals surface area contributed by atoms with Crippen molar-refractivity contribution in [2.24, 2.45) is 5.41 Å². The largest absolute Gasteiger partial charge is 0.355 e. The van der Waals surface area contributed by atoms with E-state index in [9.17, 15) is 4.79 Å². The van der Waals surface area contributed by atoms with Crippen LogP contribution in [0.15, 0.2) is 53.1 Å². The first-order valence-electron chi connectivity index (χ1n) is 9.62. The molecule has 1 aromatic carbocycles. The van der Waals surface area contributed by atoms with Crippen molar-refractivity contribution in [3.63, 3.8) is 0 Å². The summed E-state index contributed by atoms with van der Waals surface area (Å²) < 4.78 is 1.14. The first kappa shape index (κ1) is 19.6. The maximum absolute atomic E-state index is 11.8. The van der Waals surface area contributed by atoms with Gasteiger partial charge in [0.25, 0.3) is 5.91 Å². The average Bonchev–Trinajstić information content (AvgIpc) is 3.01. The number of amides is 1. The number of fused-ring (bicyclic) bond motifs is 1. The minimum absolute atomic E-state index is 0.0414. The van der Waals surface area contributed by atoms with Crippen molar-refractivity contribution < 1.29 is 4.79 Å². The van der Waals surface area contributed by atoms with E-state index in [0.717, 1.165) is 4.70 Å². The molecule has 0 atom stereocenters. The van der Waals surface area contributed by atoms with Crippen molar-refractivity contribution in [3.05, 3.63) is 63.6 Å². The number of benzene rings is 1. The van der Waals surface area contributed by atoms with E-state index in [2.05, 4.69) is 57.3 Å². The number of nitrogens with one attached hydrogen (secondary N) is 1. The molecule has 1 aliphatic rings. The number of hydrogen-bond donors (Lipinski definition) is 1. The van der Waals surface area contributed by atoms with Gasteiger partial charge in [0.1, 0.15) is 0 Å². The third-order valence-electron chi connectivity index (χ3n) is 5.45. The van der Waals surface area contributed by atoms with Gasteiger partial charge in [0, 0.05) is 22.2 Å². The summed E-state index contributed by atoms with van der Waals surface area (Å²) in [6, 6.07) is 8.08. The van der Waals surface area contributed by atoms with Gasteiger partial charge in [0.15, 0.2) is 0 Å². The molecule has 3 heteroatoms. The first-order chi connectivity index (χ1) is 12.8. The summed E-state index contributed by atoms with van der Waals surface area (Å²) >= 11 is 1.73. The fraction of sp³-hybridized carbons (Fsp3) is 0.375. The van der Waals surface area contributed by atoms with Crippen molar-refractivity contribution in [2.45, 2.75) is 47.0 Å². The molecule has 1 heterocycles. The molecule has 2 aromatic rings. The maximum atomic E-state index is 11.8. The highest BCUT2D eigenvalue weighted by Gasteiger charge is 2.26. The number of hydrogen-bond acceptors (Lipinski definition) is 2. The van der Waals surface area contributed by atoms with Crippen LogP contribution in [0.5, 0.6) is 0 Å². The van der Waals surface area contributed by atoms with Crippen LogP contribution in [0, 0.1) is 5.41 Å². The fourth-order valence-corrected chi connectivity index (χ4v) is 5.02. The Balaban J connectivity index is 1.84. The van der Waals surface area contributed by atoms with Crippen LogP contribution in [0.3, 0.4) is 0 Å². The van der Waals surface area contributed by atoms with Gasteiger partial charge >= 0.3 is 0 Å². The molecule has 0 fully saturated rings. The lowest BCUT2D eigenvalue weighted by molar-refractivity contribution is 0.0963. The summed E-state index contributed by atoms with van der Waals surface area (Å²) in [5.41, 5.74) is 5.25. The Hall–Kier alpha value is -2.13. The zero-order chi connectivity index (χ0) is 19.6. The number of thiophene rings is 1. The summed E-state index contributed by atoms with van der Waals surface area (Å²) in [4.78, 5) is 13.0. The Morgan fingerprint density at radius 2 is 2.04 bits per heavy atom. The summed E-state index contributed by atoms with van der Waals surface area (Å²) in [7, 11) is 1.66. The molecule has 1 amide bonds. The van der Waals surface area contributed by atoms with E-state index in [1.54, 1.807) is 18.4 Å². The van der Waals surface area contributed by atoms with Crippen LogP contribution in [-0.2, 0) is 0 Å². The molecule has 0 bridgehead atoms. The Labute approximate surface area is 166 Å². The molecular weight excluding hydrogens is 350 g/mol. The van der Waals surface area contributed by atoms with Crippen molar-refractivity contribution in [1.82, 2.24) is 5.32 Å². The van der Waals surface area contributed by atoms with Gasteiger partial charge in [-0.05, 0) is 79.3 Å². The number of carbonyl (C=O) groups excluding carboxylic acids is 1. The lowest BCUT2D eigenvalue weighted by Crippen LogP contribution is -2.19. The average molecular weight is 380 g/mol. The molecular formula is C24H29NOS. The molecule has 0 radical (unpaired) electrons. The minimum Gasteiger partial charge on any atom is -0.355 e. The van der Waals surface area contributed by atoms with Gasteiger partial charge in [-0.25, -0.2) is 0 Å². The van der Waals surface area contributed by atoms with Crippen molar-refractivity contribution >= 4 is 33.4 Å². The first-order valence-corrected chi connectivity index (χ1v) is 10.4. The lowest BCUT2D eigenvalue weighted by Gasteiger charge is -2.32. The smallest absolute Gasteiger partial charge is 0.251 e. The minimum atomic E-state index is -0.0414. The lowest BCUT2D eigenvalue weighted by atomic mass is 9.72. The van der Waals surface area contributed by atoms with E-state index in [1.807, 2.05) is 18.2 Å². The molecule has 0 saturated carbocycles. The van der Waals surface area contributed by atoms with Crippen LogP contribution >= 0.6 is 11.3 Å². The third kappa shape index (κ3) is 4.41. The van der Waals surface area contributed by atoms with Crippen molar-refractivity contribution in [2.75, 3.05) is 7.05 Å². The van der Waals surface area contributed by atoms with E-state index in [-0.39, 0.29) is 11.3 Å². The second kappa shape index (κ2) is 7.85. The molecule has 3 rings (SSSR count). The molecule has 0 spiro atoms. The highest BCUT2D eigenvalue weighted by Crippen LogP contribution is 2.40. The Morgan fingerprint density at radius 3 is 2.74 bits per heavy atom. The van der Waals surface area contributed by atoms with Gasteiger partial charge in [0.2, 0.25) is 0 Å². The molecule has 1 aromatic heterocycles. The monoisotopic (exact) mass is 379 g/mol. The van der Waals surface area contributed by atoms with Crippen LogP contribution < -0.4 is 5.32 Å². The van der Waals surface area contributed by atoms with Gasteiger partial charge < -0.3 is 5.32 Å². The van der Waals surface area contributed by atoms with Crippen LogP contribution in [0.25, 0.3) is 16.2 Å². The fourth-order valence-electron chi connectivity index (χ4n) is 3.91. The number of allylic oxidation sites excluding steroid dienone is 5. The molecule has 0 aliphatic heterocycles. The summed E-state index contributed by atoms with van der Waals surface area (Å²) in [5.74, 6) is -0.0414. The molecule has 1 N–H and O–H groups in total. The van der Waals surface area contributed by atoms with E-state index in [4.69, 9.17) is 0 Å². The molecule has 142 valence electrons. The second-order valence-corrected chi connectivity index (χ2v) is 9.25. The van der Waals surface area contributed by atoms with Crippen LogP contribution in [0.1, 0.15) is 62.2 Å². The van der Waals surface area contributed by atoms with E-state index < -0.39 is 0 Å². The maximum Gasteiger partial charge on any atom is 0.251 e. The van der Waals surface area contributed by atoms with Crippen molar-refractivity contribution in [1.29, 1.82) is 0 Å². The van der Waals surface area contributed by atoms with Gasteiger partial charge in [-0.15, -0.1) is 11.3 Å². The van der Waals surface area contributed by atoms with Gasteiger partial charge in [-0.2, -0.15) is 0 Å². The normalized spacial score (nSPS) is 17.7. The third-order valence-corrected chi connectivity index (χ3v) is 6.50. The van der Waals surface area contributed by atoms with Crippen molar-refractivity contribution in [3.8, 4) is 0 Å². The summed E-state index contributed by atoms with van der Waals surface area (Å²) in [5, 5.41) is 3.87.